The second kappa shape index (κ2) is 9.55. The zero-order valence-corrected chi connectivity index (χ0v) is 18.5. The van der Waals surface area contributed by atoms with E-state index >= 15 is 0 Å². The number of hydrogen-bond donors (Lipinski definition) is 1. The number of anilines is 1. The van der Waals surface area contributed by atoms with Gasteiger partial charge >= 0.3 is 0 Å². The van der Waals surface area contributed by atoms with Gasteiger partial charge in [-0.3, -0.25) is 4.79 Å². The molecule has 0 aliphatic heterocycles. The monoisotopic (exact) mass is 486 g/mol. The summed E-state index contributed by atoms with van der Waals surface area (Å²) in [6.45, 7) is 0. The van der Waals surface area contributed by atoms with Gasteiger partial charge in [0.15, 0.2) is 0 Å². The van der Waals surface area contributed by atoms with E-state index in [2.05, 4.69) is 10.3 Å². The lowest BCUT2D eigenvalue weighted by molar-refractivity contribution is -0.113. The maximum Gasteiger partial charge on any atom is 0.234 e. The Morgan fingerprint density at radius 3 is 2.15 bits per heavy atom. The Hall–Kier alpha value is -3.50. The van der Waals surface area contributed by atoms with Crippen molar-refractivity contribution in [3.8, 4) is 11.5 Å². The van der Waals surface area contributed by atoms with Gasteiger partial charge in [-0.2, -0.15) is 4.98 Å². The number of rotatable bonds is 7. The highest BCUT2D eigenvalue weighted by Gasteiger charge is 2.29. The number of carbonyl (C=O) groups excluding carboxylic acids is 1. The Morgan fingerprint density at radius 1 is 0.909 bits per heavy atom. The molecule has 0 bridgehead atoms. The fourth-order valence-corrected chi connectivity index (χ4v) is 5.19. The van der Waals surface area contributed by atoms with Crippen LogP contribution >= 0.6 is 11.8 Å². The van der Waals surface area contributed by atoms with Crippen molar-refractivity contribution < 1.29 is 26.4 Å². The summed E-state index contributed by atoms with van der Waals surface area (Å²) >= 11 is 0.849. The van der Waals surface area contributed by atoms with Crippen molar-refractivity contribution in [2.24, 2.45) is 0 Å². The molecule has 1 aromatic heterocycles. The number of aromatic nitrogens is 1. The maximum absolute atomic E-state index is 13.3. The molecule has 1 amide bonds. The van der Waals surface area contributed by atoms with Crippen LogP contribution in [0.15, 0.2) is 98.3 Å². The van der Waals surface area contributed by atoms with Crippen molar-refractivity contribution in [2.45, 2.75) is 15.0 Å². The molecule has 3 aromatic carbocycles. The highest BCUT2D eigenvalue weighted by atomic mass is 32.2. The molecular weight excluding hydrogens is 470 g/mol. The average molecular weight is 487 g/mol. The highest BCUT2D eigenvalue weighted by Crippen LogP contribution is 2.35. The summed E-state index contributed by atoms with van der Waals surface area (Å²) < 4.78 is 58.4. The molecule has 0 radical (unpaired) electrons. The van der Waals surface area contributed by atoms with Crippen molar-refractivity contribution in [1.29, 1.82) is 0 Å². The fraction of sp³-hybridized carbons (Fsp3) is 0.0435. The number of nitrogens with zero attached hydrogens (tertiary/aromatic N) is 1. The Morgan fingerprint density at radius 2 is 1.52 bits per heavy atom. The first-order chi connectivity index (χ1) is 15.8. The Balaban J connectivity index is 1.63. The van der Waals surface area contributed by atoms with E-state index in [0.717, 1.165) is 11.8 Å². The summed E-state index contributed by atoms with van der Waals surface area (Å²) in [5, 5.41) is 2.18. The number of hydrogen-bond acceptors (Lipinski definition) is 6. The number of thioether (sulfide) groups is 1. The number of benzene rings is 3. The van der Waals surface area contributed by atoms with Gasteiger partial charge < -0.3 is 9.73 Å². The van der Waals surface area contributed by atoms with Crippen LogP contribution in [0, 0.1) is 11.6 Å². The number of halogens is 2. The summed E-state index contributed by atoms with van der Waals surface area (Å²) in [5.41, 5.74) is 0.771. The van der Waals surface area contributed by atoms with Gasteiger partial charge in [0.2, 0.25) is 31.8 Å². The minimum atomic E-state index is -4.05. The lowest BCUT2D eigenvalue weighted by Gasteiger charge is -2.05. The smallest absolute Gasteiger partial charge is 0.234 e. The van der Waals surface area contributed by atoms with Crippen LogP contribution in [0.2, 0.25) is 0 Å². The third-order valence-corrected chi connectivity index (χ3v) is 7.18. The van der Waals surface area contributed by atoms with E-state index in [4.69, 9.17) is 4.42 Å². The van der Waals surface area contributed by atoms with Crippen molar-refractivity contribution in [1.82, 2.24) is 4.98 Å². The molecule has 0 spiro atoms. The normalized spacial score (nSPS) is 11.3. The van der Waals surface area contributed by atoms with Crippen molar-refractivity contribution in [3.63, 3.8) is 0 Å². The molecular formula is C23H16F2N2O4S2. The molecule has 0 unspecified atom stereocenters. The Kier molecular flexibility index (Phi) is 6.57. The van der Waals surface area contributed by atoms with Crippen LogP contribution < -0.4 is 5.32 Å². The highest BCUT2D eigenvalue weighted by molar-refractivity contribution is 8.00. The topological polar surface area (TPSA) is 89.3 Å². The lowest BCUT2D eigenvalue weighted by Crippen LogP contribution is -2.14. The second-order valence-electron chi connectivity index (χ2n) is 6.78. The molecule has 0 atom stereocenters. The van der Waals surface area contributed by atoms with Crippen molar-refractivity contribution in [2.75, 3.05) is 11.1 Å². The van der Waals surface area contributed by atoms with Gasteiger partial charge in [0.1, 0.15) is 11.6 Å². The predicted octanol–water partition coefficient (Wildman–Crippen LogP) is 5.18. The van der Waals surface area contributed by atoms with E-state index in [1.54, 1.807) is 18.2 Å². The van der Waals surface area contributed by atoms with Gasteiger partial charge in [-0.25, -0.2) is 17.2 Å². The minimum Gasteiger partial charge on any atom is -0.428 e. The van der Waals surface area contributed by atoms with E-state index in [1.165, 1.54) is 60.7 Å². The molecule has 10 heteroatoms. The third kappa shape index (κ3) is 5.29. The number of carbonyl (C=O) groups is 1. The molecule has 0 saturated carbocycles. The first-order valence-electron chi connectivity index (χ1n) is 9.58. The molecule has 0 fully saturated rings. The minimum absolute atomic E-state index is 0.0153. The predicted molar refractivity (Wildman–Crippen MR) is 120 cm³/mol. The van der Waals surface area contributed by atoms with Crippen LogP contribution in [-0.2, 0) is 14.6 Å². The van der Waals surface area contributed by atoms with E-state index in [9.17, 15) is 22.0 Å². The zero-order chi connectivity index (χ0) is 23.4. The van der Waals surface area contributed by atoms with E-state index in [1.807, 2.05) is 0 Å². The lowest BCUT2D eigenvalue weighted by atomic mass is 10.2. The molecule has 0 saturated heterocycles. The molecule has 33 heavy (non-hydrogen) atoms. The average Bonchev–Trinajstić information content (AvgIpc) is 3.25. The molecule has 0 aliphatic carbocycles. The number of oxazole rings is 1. The quantitative estimate of drug-likeness (QED) is 0.362. The van der Waals surface area contributed by atoms with Crippen LogP contribution in [0.25, 0.3) is 11.5 Å². The molecule has 6 nitrogen and oxygen atoms in total. The standard InChI is InChI=1S/C23H16F2N2O4S2/c24-16-8-6-15(7-9-16)21-27-22(33(29,30)19-4-2-1-3-5-19)23(31-21)32-14-20(28)26-18-12-10-17(25)11-13-18/h1-13H,14H2,(H,26,28). The molecule has 4 rings (SSSR count). The number of nitrogens with one attached hydrogen (secondary N) is 1. The Labute approximate surface area is 192 Å². The zero-order valence-electron chi connectivity index (χ0n) is 16.9. The van der Waals surface area contributed by atoms with Gasteiger partial charge in [-0.15, -0.1) is 0 Å². The summed E-state index contributed by atoms with van der Waals surface area (Å²) in [4.78, 5) is 16.5. The van der Waals surface area contributed by atoms with Crippen LogP contribution in [0.1, 0.15) is 0 Å². The SMILES string of the molecule is O=C(CSc1oc(-c2ccc(F)cc2)nc1S(=O)(=O)c1ccccc1)Nc1ccc(F)cc1. The van der Waals surface area contributed by atoms with Crippen LogP contribution in [-0.4, -0.2) is 25.1 Å². The molecule has 1 N–H and O–H groups in total. The first kappa shape index (κ1) is 22.7. The van der Waals surface area contributed by atoms with E-state index in [0.29, 0.717) is 11.3 Å². The van der Waals surface area contributed by atoms with Crippen LogP contribution in [0.3, 0.4) is 0 Å². The summed E-state index contributed by atoms with van der Waals surface area (Å²) in [5.74, 6) is -1.56. The van der Waals surface area contributed by atoms with Crippen molar-refractivity contribution >= 4 is 33.2 Å². The molecule has 1 heterocycles. The van der Waals surface area contributed by atoms with Gasteiger partial charge in [0.05, 0.1) is 10.6 Å². The summed E-state index contributed by atoms with van der Waals surface area (Å²) in [7, 11) is -4.05. The summed E-state index contributed by atoms with van der Waals surface area (Å²) in [6, 6.07) is 18.2. The van der Waals surface area contributed by atoms with Gasteiger partial charge in [0.25, 0.3) is 0 Å². The molecule has 0 aliphatic rings. The van der Waals surface area contributed by atoms with Gasteiger partial charge in [-0.1, -0.05) is 30.0 Å². The molecule has 4 aromatic rings. The van der Waals surface area contributed by atoms with Crippen molar-refractivity contribution in [3.05, 3.63) is 90.5 Å². The third-order valence-electron chi connectivity index (χ3n) is 4.43. The van der Waals surface area contributed by atoms with Gasteiger partial charge in [-0.05, 0) is 60.7 Å². The summed E-state index contributed by atoms with van der Waals surface area (Å²) in [6.07, 6.45) is 0. The van der Waals surface area contributed by atoms with Gasteiger partial charge in [0, 0.05) is 11.3 Å². The van der Waals surface area contributed by atoms with E-state index < -0.39 is 27.4 Å². The Bertz CT molecular complexity index is 1370. The molecule has 168 valence electrons. The second-order valence-corrected chi connectivity index (χ2v) is 9.59. The van der Waals surface area contributed by atoms with E-state index in [-0.39, 0.29) is 26.7 Å². The maximum atomic E-state index is 13.3. The fourth-order valence-electron chi connectivity index (χ4n) is 2.84. The first-order valence-corrected chi connectivity index (χ1v) is 12.0. The number of amides is 1. The van der Waals surface area contributed by atoms with Crippen LogP contribution in [0.4, 0.5) is 14.5 Å². The largest absolute Gasteiger partial charge is 0.428 e. The van der Waals surface area contributed by atoms with Crippen LogP contribution in [0.5, 0.6) is 0 Å². The number of sulfone groups is 1.